The van der Waals surface area contributed by atoms with Gasteiger partial charge in [-0.15, -0.1) is 5.10 Å². The minimum Gasteiger partial charge on any atom is -0.489 e. The van der Waals surface area contributed by atoms with E-state index < -0.39 is 0 Å². The summed E-state index contributed by atoms with van der Waals surface area (Å²) < 4.78 is 7.57. The minimum absolute atomic E-state index is 0.412. The largest absolute Gasteiger partial charge is 0.489 e. The van der Waals surface area contributed by atoms with Crippen LogP contribution in [0.2, 0.25) is 10.0 Å². The number of rotatable bonds is 6. The first-order valence-electron chi connectivity index (χ1n) is 8.85. The van der Waals surface area contributed by atoms with Crippen molar-refractivity contribution in [2.75, 3.05) is 5.73 Å². The molecule has 2 heterocycles. The molecule has 0 saturated carbocycles. The number of hydrogen-bond donors (Lipinski definition) is 1. The van der Waals surface area contributed by atoms with Gasteiger partial charge in [0.2, 0.25) is 0 Å². The third-order valence-electron chi connectivity index (χ3n) is 4.31. The van der Waals surface area contributed by atoms with Gasteiger partial charge in [-0.1, -0.05) is 46.6 Å². The van der Waals surface area contributed by atoms with Crippen molar-refractivity contribution < 1.29 is 4.74 Å². The van der Waals surface area contributed by atoms with Crippen LogP contribution in [0.5, 0.6) is 5.75 Å². The number of pyridine rings is 1. The molecule has 0 bridgehead atoms. The molecule has 8 heteroatoms. The molecule has 0 radical (unpaired) electrons. The van der Waals surface area contributed by atoms with E-state index in [9.17, 15) is 0 Å². The van der Waals surface area contributed by atoms with Gasteiger partial charge in [0.15, 0.2) is 0 Å². The number of ether oxygens (including phenoxy) is 1. The van der Waals surface area contributed by atoms with Crippen LogP contribution >= 0.6 is 23.2 Å². The van der Waals surface area contributed by atoms with E-state index in [4.69, 9.17) is 33.7 Å². The van der Waals surface area contributed by atoms with E-state index in [1.807, 2.05) is 48.7 Å². The second-order valence-electron chi connectivity index (χ2n) is 6.42. The molecule has 0 unspecified atom stereocenters. The number of nitrogens with two attached hydrogens (primary N) is 1. The van der Waals surface area contributed by atoms with Gasteiger partial charge in [-0.05, 0) is 47.5 Å². The molecule has 0 aliphatic rings. The van der Waals surface area contributed by atoms with E-state index in [1.54, 1.807) is 23.0 Å². The SMILES string of the molecule is Nc1ncccc1-c1cn(Cc2ccc(OCc3ccc(Cl)c(Cl)c3)cc2)nn1. The fourth-order valence-electron chi connectivity index (χ4n) is 2.81. The van der Waals surface area contributed by atoms with Gasteiger partial charge in [0.25, 0.3) is 0 Å². The van der Waals surface area contributed by atoms with Crippen LogP contribution in [0.25, 0.3) is 11.3 Å². The molecule has 2 aromatic carbocycles. The van der Waals surface area contributed by atoms with Crippen LogP contribution in [0, 0.1) is 0 Å². The number of nitrogen functional groups attached to an aromatic ring is 1. The normalized spacial score (nSPS) is 10.8. The van der Waals surface area contributed by atoms with Crippen molar-refractivity contribution in [1.29, 1.82) is 0 Å². The third kappa shape index (κ3) is 4.67. The lowest BCUT2D eigenvalue weighted by molar-refractivity contribution is 0.306. The second-order valence-corrected chi connectivity index (χ2v) is 7.23. The summed E-state index contributed by atoms with van der Waals surface area (Å²) in [4.78, 5) is 4.08. The molecular formula is C21H17Cl2N5O. The van der Waals surface area contributed by atoms with Crippen molar-refractivity contribution in [2.45, 2.75) is 13.2 Å². The smallest absolute Gasteiger partial charge is 0.132 e. The van der Waals surface area contributed by atoms with Crippen molar-refractivity contribution in [3.63, 3.8) is 0 Å². The molecule has 0 saturated heterocycles. The van der Waals surface area contributed by atoms with Gasteiger partial charge >= 0.3 is 0 Å². The summed E-state index contributed by atoms with van der Waals surface area (Å²) in [6.45, 7) is 0.995. The van der Waals surface area contributed by atoms with E-state index in [1.165, 1.54) is 0 Å². The zero-order valence-electron chi connectivity index (χ0n) is 15.3. The number of halogens is 2. The fraction of sp³-hybridized carbons (Fsp3) is 0.0952. The first-order chi connectivity index (χ1) is 14.1. The van der Waals surface area contributed by atoms with Crippen molar-refractivity contribution in [3.05, 3.63) is 88.2 Å². The maximum absolute atomic E-state index is 6.03. The van der Waals surface area contributed by atoms with Gasteiger partial charge in [0.05, 0.1) is 22.8 Å². The Hall–Kier alpha value is -3.09. The number of hydrogen-bond acceptors (Lipinski definition) is 5. The highest BCUT2D eigenvalue weighted by Gasteiger charge is 2.08. The summed E-state index contributed by atoms with van der Waals surface area (Å²) in [5, 5.41) is 9.40. The Labute approximate surface area is 177 Å². The Kier molecular flexibility index (Phi) is 5.64. The molecule has 0 atom stereocenters. The minimum atomic E-state index is 0.412. The van der Waals surface area contributed by atoms with Crippen LogP contribution in [0.15, 0.2) is 67.0 Å². The van der Waals surface area contributed by atoms with E-state index in [-0.39, 0.29) is 0 Å². The Morgan fingerprint density at radius 2 is 1.76 bits per heavy atom. The van der Waals surface area contributed by atoms with E-state index in [0.29, 0.717) is 34.7 Å². The zero-order valence-corrected chi connectivity index (χ0v) is 16.8. The molecule has 4 aromatic rings. The highest BCUT2D eigenvalue weighted by Crippen LogP contribution is 2.24. The highest BCUT2D eigenvalue weighted by atomic mass is 35.5. The lowest BCUT2D eigenvalue weighted by Crippen LogP contribution is -2.01. The maximum atomic E-state index is 6.03. The molecule has 2 N–H and O–H groups in total. The summed E-state index contributed by atoms with van der Waals surface area (Å²) >= 11 is 12.0. The Balaban J connectivity index is 1.38. The molecule has 0 fully saturated rings. The predicted octanol–water partition coefficient (Wildman–Crippen LogP) is 4.86. The van der Waals surface area contributed by atoms with Crippen molar-refractivity contribution in [3.8, 4) is 17.0 Å². The van der Waals surface area contributed by atoms with Gasteiger partial charge in [-0.25, -0.2) is 9.67 Å². The number of benzene rings is 2. The van der Waals surface area contributed by atoms with Crippen molar-refractivity contribution in [2.24, 2.45) is 0 Å². The second kappa shape index (κ2) is 8.51. The zero-order chi connectivity index (χ0) is 20.2. The summed E-state index contributed by atoms with van der Waals surface area (Å²) in [5.74, 6) is 1.20. The number of nitrogens with zero attached hydrogens (tertiary/aromatic N) is 4. The van der Waals surface area contributed by atoms with Crippen LogP contribution in [-0.2, 0) is 13.2 Å². The van der Waals surface area contributed by atoms with E-state index >= 15 is 0 Å². The monoisotopic (exact) mass is 425 g/mol. The van der Waals surface area contributed by atoms with Crippen LogP contribution in [0.4, 0.5) is 5.82 Å². The van der Waals surface area contributed by atoms with Crippen LogP contribution < -0.4 is 10.5 Å². The van der Waals surface area contributed by atoms with Gasteiger partial charge in [-0.3, -0.25) is 0 Å². The maximum Gasteiger partial charge on any atom is 0.132 e. The molecule has 0 spiro atoms. The lowest BCUT2D eigenvalue weighted by Gasteiger charge is -2.08. The van der Waals surface area contributed by atoms with Crippen molar-refractivity contribution in [1.82, 2.24) is 20.0 Å². The molecule has 146 valence electrons. The van der Waals surface area contributed by atoms with E-state index in [2.05, 4.69) is 15.3 Å². The molecule has 29 heavy (non-hydrogen) atoms. The van der Waals surface area contributed by atoms with E-state index in [0.717, 1.165) is 22.4 Å². The Morgan fingerprint density at radius 3 is 2.52 bits per heavy atom. The molecule has 4 rings (SSSR count). The predicted molar refractivity (Wildman–Crippen MR) is 114 cm³/mol. The Morgan fingerprint density at radius 1 is 0.966 bits per heavy atom. The molecule has 0 amide bonds. The quantitative estimate of drug-likeness (QED) is 0.477. The average Bonchev–Trinajstić information content (AvgIpc) is 3.18. The van der Waals surface area contributed by atoms with Gasteiger partial charge in [-0.2, -0.15) is 0 Å². The summed E-state index contributed by atoms with van der Waals surface area (Å²) in [7, 11) is 0. The van der Waals surface area contributed by atoms with Gasteiger partial charge in [0, 0.05) is 11.8 Å². The number of anilines is 1. The first-order valence-corrected chi connectivity index (χ1v) is 9.61. The topological polar surface area (TPSA) is 78.8 Å². The van der Waals surface area contributed by atoms with Crippen molar-refractivity contribution >= 4 is 29.0 Å². The fourth-order valence-corrected chi connectivity index (χ4v) is 3.13. The van der Waals surface area contributed by atoms with Crippen LogP contribution in [0.1, 0.15) is 11.1 Å². The Bertz CT molecular complexity index is 1130. The average molecular weight is 426 g/mol. The summed E-state index contributed by atoms with van der Waals surface area (Å²) in [6, 6.07) is 17.0. The van der Waals surface area contributed by atoms with Crippen LogP contribution in [-0.4, -0.2) is 20.0 Å². The molecule has 0 aliphatic heterocycles. The number of aromatic nitrogens is 4. The summed E-state index contributed by atoms with van der Waals surface area (Å²) in [6.07, 6.45) is 3.50. The third-order valence-corrected chi connectivity index (χ3v) is 5.05. The molecule has 0 aliphatic carbocycles. The first kappa shape index (κ1) is 19.2. The standard InChI is InChI=1S/C21H17Cl2N5O/c22-18-8-5-15(10-19(18)23)13-29-16-6-3-14(4-7-16)11-28-12-20(26-27-28)17-2-1-9-25-21(17)24/h1-10,12H,11,13H2,(H2,24,25). The molecule has 6 nitrogen and oxygen atoms in total. The van der Waals surface area contributed by atoms with Crippen LogP contribution in [0.3, 0.4) is 0 Å². The van der Waals surface area contributed by atoms with Gasteiger partial charge in [0.1, 0.15) is 23.9 Å². The summed E-state index contributed by atoms with van der Waals surface area (Å²) in [5.41, 5.74) is 9.39. The highest BCUT2D eigenvalue weighted by molar-refractivity contribution is 6.42. The molecular weight excluding hydrogens is 409 g/mol. The molecule has 2 aromatic heterocycles. The lowest BCUT2D eigenvalue weighted by atomic mass is 10.2. The van der Waals surface area contributed by atoms with Gasteiger partial charge < -0.3 is 10.5 Å².